The van der Waals surface area contributed by atoms with Crippen LogP contribution in [-0.4, -0.2) is 20.8 Å². The SMILES string of the molecule is Cc1nc([N+](=O)[O-])c(C=O)n1Cc1ccccc1. The van der Waals surface area contributed by atoms with Crippen LogP contribution in [0.1, 0.15) is 21.9 Å². The van der Waals surface area contributed by atoms with E-state index in [1.165, 1.54) is 0 Å². The molecule has 92 valence electrons. The van der Waals surface area contributed by atoms with Gasteiger partial charge in [0.25, 0.3) is 0 Å². The van der Waals surface area contributed by atoms with Crippen LogP contribution in [0.25, 0.3) is 0 Å². The van der Waals surface area contributed by atoms with Gasteiger partial charge in [-0.1, -0.05) is 30.3 Å². The molecule has 0 amide bonds. The Bertz CT molecular complexity index is 590. The molecule has 6 heteroatoms. The first-order chi connectivity index (χ1) is 8.63. The van der Waals surface area contributed by atoms with Gasteiger partial charge in [0.1, 0.15) is 0 Å². The average molecular weight is 245 g/mol. The molecular weight excluding hydrogens is 234 g/mol. The second-order valence-electron chi connectivity index (χ2n) is 3.81. The van der Waals surface area contributed by atoms with Crippen molar-refractivity contribution in [1.29, 1.82) is 0 Å². The number of aldehydes is 1. The maximum Gasteiger partial charge on any atom is 0.392 e. The molecule has 0 aliphatic carbocycles. The fraction of sp³-hybridized carbons (Fsp3) is 0.167. The number of nitrogens with zero attached hydrogens (tertiary/aromatic N) is 3. The fourth-order valence-corrected chi connectivity index (χ4v) is 1.78. The van der Waals surface area contributed by atoms with Gasteiger partial charge < -0.3 is 10.1 Å². The van der Waals surface area contributed by atoms with Gasteiger partial charge in [0.05, 0.1) is 6.54 Å². The summed E-state index contributed by atoms with van der Waals surface area (Å²) in [7, 11) is 0. The summed E-state index contributed by atoms with van der Waals surface area (Å²) in [6.45, 7) is 2.03. The summed E-state index contributed by atoms with van der Waals surface area (Å²) in [5, 5.41) is 10.8. The molecule has 18 heavy (non-hydrogen) atoms. The minimum Gasteiger partial charge on any atom is -0.358 e. The van der Waals surface area contributed by atoms with Gasteiger partial charge in [-0.15, -0.1) is 0 Å². The lowest BCUT2D eigenvalue weighted by Gasteiger charge is -2.04. The van der Waals surface area contributed by atoms with Gasteiger partial charge in [0.2, 0.25) is 5.82 Å². The number of hydrogen-bond donors (Lipinski definition) is 0. The topological polar surface area (TPSA) is 78.0 Å². The minimum absolute atomic E-state index is 0.00125. The molecule has 2 rings (SSSR count). The van der Waals surface area contributed by atoms with Crippen molar-refractivity contribution < 1.29 is 9.72 Å². The number of aryl methyl sites for hydroxylation is 1. The van der Waals surface area contributed by atoms with E-state index in [2.05, 4.69) is 4.98 Å². The van der Waals surface area contributed by atoms with E-state index < -0.39 is 10.7 Å². The number of hydrogen-bond acceptors (Lipinski definition) is 4. The van der Waals surface area contributed by atoms with Crippen LogP contribution in [0.5, 0.6) is 0 Å². The second-order valence-corrected chi connectivity index (χ2v) is 3.81. The number of imidazole rings is 1. The highest BCUT2D eigenvalue weighted by atomic mass is 16.6. The molecule has 0 saturated heterocycles. The highest BCUT2D eigenvalue weighted by Crippen LogP contribution is 2.18. The summed E-state index contributed by atoms with van der Waals surface area (Å²) in [6, 6.07) is 9.40. The molecule has 0 saturated carbocycles. The molecule has 0 spiro atoms. The lowest BCUT2D eigenvalue weighted by Crippen LogP contribution is -2.06. The van der Waals surface area contributed by atoms with E-state index in [4.69, 9.17) is 0 Å². The summed E-state index contributed by atoms with van der Waals surface area (Å²) >= 11 is 0. The average Bonchev–Trinajstić information content (AvgIpc) is 2.68. The van der Waals surface area contributed by atoms with Gasteiger partial charge in [-0.2, -0.15) is 0 Å². The van der Waals surface area contributed by atoms with Crippen molar-refractivity contribution in [2.75, 3.05) is 0 Å². The van der Waals surface area contributed by atoms with Crippen LogP contribution in [0, 0.1) is 17.0 Å². The molecule has 0 unspecified atom stereocenters. The Hall–Kier alpha value is -2.50. The van der Waals surface area contributed by atoms with E-state index in [-0.39, 0.29) is 5.69 Å². The molecule has 0 fully saturated rings. The molecule has 0 N–H and O–H groups in total. The Labute approximate surface area is 103 Å². The quantitative estimate of drug-likeness (QED) is 0.468. The van der Waals surface area contributed by atoms with E-state index >= 15 is 0 Å². The summed E-state index contributed by atoms with van der Waals surface area (Å²) in [6.07, 6.45) is 0.473. The van der Waals surface area contributed by atoms with Gasteiger partial charge >= 0.3 is 5.82 Å². The lowest BCUT2D eigenvalue weighted by molar-refractivity contribution is -0.389. The predicted octanol–water partition coefficient (Wildman–Crippen LogP) is 1.96. The summed E-state index contributed by atoms with van der Waals surface area (Å²) < 4.78 is 1.54. The standard InChI is InChI=1S/C12H11N3O3/c1-9-13-12(15(17)18)11(8-16)14(9)7-10-5-3-2-4-6-10/h2-6,8H,7H2,1H3. The highest BCUT2D eigenvalue weighted by molar-refractivity contribution is 5.78. The zero-order valence-electron chi connectivity index (χ0n) is 9.74. The van der Waals surface area contributed by atoms with Crippen molar-refractivity contribution in [3.8, 4) is 0 Å². The maximum atomic E-state index is 11.0. The Morgan fingerprint density at radius 3 is 2.61 bits per heavy atom. The zero-order valence-corrected chi connectivity index (χ0v) is 9.74. The molecule has 0 bridgehead atoms. The third-order valence-electron chi connectivity index (χ3n) is 2.65. The smallest absolute Gasteiger partial charge is 0.358 e. The van der Waals surface area contributed by atoms with Gasteiger partial charge in [-0.3, -0.25) is 9.36 Å². The minimum atomic E-state index is -0.641. The Morgan fingerprint density at radius 2 is 2.06 bits per heavy atom. The molecular formula is C12H11N3O3. The molecule has 2 aromatic rings. The first-order valence-corrected chi connectivity index (χ1v) is 5.34. The zero-order chi connectivity index (χ0) is 13.1. The van der Waals surface area contributed by atoms with Crippen molar-refractivity contribution in [2.45, 2.75) is 13.5 Å². The summed E-state index contributed by atoms with van der Waals surface area (Å²) in [5.74, 6) is 0.0612. The van der Waals surface area contributed by atoms with E-state index in [1.807, 2.05) is 30.3 Å². The molecule has 6 nitrogen and oxygen atoms in total. The van der Waals surface area contributed by atoms with Gasteiger partial charge in [-0.05, 0) is 15.5 Å². The van der Waals surface area contributed by atoms with Crippen LogP contribution in [0.4, 0.5) is 5.82 Å². The van der Waals surface area contributed by atoms with Crippen molar-refractivity contribution in [1.82, 2.24) is 9.55 Å². The van der Waals surface area contributed by atoms with Crippen LogP contribution in [0.15, 0.2) is 30.3 Å². The van der Waals surface area contributed by atoms with Crippen molar-refractivity contribution in [2.24, 2.45) is 0 Å². The molecule has 0 atom stereocenters. The third kappa shape index (κ3) is 2.13. The second kappa shape index (κ2) is 4.79. The van der Waals surface area contributed by atoms with E-state index in [1.54, 1.807) is 11.5 Å². The number of aromatic nitrogens is 2. The number of rotatable bonds is 4. The lowest BCUT2D eigenvalue weighted by atomic mass is 10.2. The predicted molar refractivity (Wildman–Crippen MR) is 64.5 cm³/mol. The Balaban J connectivity index is 2.45. The molecule has 1 aromatic carbocycles. The number of carbonyl (C=O) groups is 1. The van der Waals surface area contributed by atoms with Crippen LogP contribution in [0.3, 0.4) is 0 Å². The van der Waals surface area contributed by atoms with Crippen LogP contribution in [-0.2, 0) is 6.54 Å². The van der Waals surface area contributed by atoms with Gasteiger partial charge in [-0.25, -0.2) is 0 Å². The van der Waals surface area contributed by atoms with E-state index in [0.717, 1.165) is 5.56 Å². The van der Waals surface area contributed by atoms with Crippen molar-refractivity contribution in [3.05, 3.63) is 57.5 Å². The first-order valence-electron chi connectivity index (χ1n) is 5.34. The van der Waals surface area contributed by atoms with Gasteiger partial charge in [0.15, 0.2) is 12.0 Å². The summed E-state index contributed by atoms with van der Waals surface area (Å²) in [4.78, 5) is 24.9. The van der Waals surface area contributed by atoms with Crippen LogP contribution in [0.2, 0.25) is 0 Å². The van der Waals surface area contributed by atoms with Gasteiger partial charge in [0, 0.05) is 6.92 Å². The molecule has 0 aliphatic heterocycles. The largest absolute Gasteiger partial charge is 0.392 e. The van der Waals surface area contributed by atoms with Crippen molar-refractivity contribution >= 4 is 12.1 Å². The van der Waals surface area contributed by atoms with Crippen LogP contribution < -0.4 is 0 Å². The number of benzene rings is 1. The van der Waals surface area contributed by atoms with Crippen molar-refractivity contribution in [3.63, 3.8) is 0 Å². The molecule has 0 radical (unpaired) electrons. The number of nitro groups is 1. The van der Waals surface area contributed by atoms with E-state index in [0.29, 0.717) is 18.7 Å². The fourth-order valence-electron chi connectivity index (χ4n) is 1.78. The highest BCUT2D eigenvalue weighted by Gasteiger charge is 2.24. The normalized spacial score (nSPS) is 10.3. The summed E-state index contributed by atoms with van der Waals surface area (Å²) in [5.41, 5.74) is 0.956. The Kier molecular flexibility index (Phi) is 3.18. The Morgan fingerprint density at radius 1 is 1.39 bits per heavy atom. The number of carbonyl (C=O) groups excluding carboxylic acids is 1. The van der Waals surface area contributed by atoms with E-state index in [9.17, 15) is 14.9 Å². The monoisotopic (exact) mass is 245 g/mol. The molecule has 0 aliphatic rings. The third-order valence-corrected chi connectivity index (χ3v) is 2.65. The first kappa shape index (κ1) is 12.0. The molecule has 1 aromatic heterocycles. The van der Waals surface area contributed by atoms with Crippen LogP contribution >= 0.6 is 0 Å². The maximum absolute atomic E-state index is 11.0. The molecule has 1 heterocycles.